The average Bonchev–Trinajstić information content (AvgIpc) is 2.96. The van der Waals surface area contributed by atoms with E-state index in [1.54, 1.807) is 0 Å². The second kappa shape index (κ2) is 4.84. The van der Waals surface area contributed by atoms with E-state index in [9.17, 15) is 18.0 Å². The molecule has 8 heteroatoms. The summed E-state index contributed by atoms with van der Waals surface area (Å²) in [6.07, 6.45) is -4.17. The standard InChI is InChI=1S/C11H15F3N4O/c1-2-7-5-8(18-17-7)16-9(19)10(11(12,13)14)3-4-15-6-10/h5,15H,2-4,6H2,1H3,(H2,16,17,18,19). The van der Waals surface area contributed by atoms with E-state index >= 15 is 0 Å². The first-order chi connectivity index (χ1) is 8.89. The Morgan fingerprint density at radius 1 is 1.58 bits per heavy atom. The topological polar surface area (TPSA) is 69.8 Å². The molecule has 1 saturated heterocycles. The maximum Gasteiger partial charge on any atom is 0.404 e. The lowest BCUT2D eigenvalue weighted by Gasteiger charge is -2.28. The largest absolute Gasteiger partial charge is 0.404 e. The normalized spacial score (nSPS) is 23.6. The minimum absolute atomic E-state index is 0.123. The minimum Gasteiger partial charge on any atom is -0.315 e. The summed E-state index contributed by atoms with van der Waals surface area (Å²) in [5.41, 5.74) is -1.61. The van der Waals surface area contributed by atoms with Crippen LogP contribution in [0.5, 0.6) is 0 Å². The van der Waals surface area contributed by atoms with Crippen molar-refractivity contribution in [3.8, 4) is 0 Å². The number of nitrogens with one attached hydrogen (secondary N) is 3. The van der Waals surface area contributed by atoms with Gasteiger partial charge in [-0.3, -0.25) is 9.89 Å². The zero-order chi connectivity index (χ0) is 14.1. The fourth-order valence-electron chi connectivity index (χ4n) is 2.10. The molecule has 0 bridgehead atoms. The van der Waals surface area contributed by atoms with Crippen LogP contribution >= 0.6 is 0 Å². The van der Waals surface area contributed by atoms with Gasteiger partial charge < -0.3 is 10.6 Å². The molecule has 5 nitrogen and oxygen atoms in total. The van der Waals surface area contributed by atoms with Crippen LogP contribution < -0.4 is 10.6 Å². The van der Waals surface area contributed by atoms with Crippen molar-refractivity contribution in [2.75, 3.05) is 18.4 Å². The van der Waals surface area contributed by atoms with Crippen molar-refractivity contribution < 1.29 is 18.0 Å². The molecule has 1 unspecified atom stereocenters. The molecule has 19 heavy (non-hydrogen) atoms. The first-order valence-corrected chi connectivity index (χ1v) is 6.02. The molecule has 1 atom stereocenters. The van der Waals surface area contributed by atoms with Gasteiger partial charge in [-0.2, -0.15) is 18.3 Å². The van der Waals surface area contributed by atoms with E-state index in [0.717, 1.165) is 5.69 Å². The molecule has 0 aromatic carbocycles. The Labute approximate surface area is 108 Å². The van der Waals surface area contributed by atoms with E-state index in [0.29, 0.717) is 6.42 Å². The predicted octanol–water partition coefficient (Wildman–Crippen LogP) is 1.45. The third kappa shape index (κ3) is 2.44. The second-order valence-electron chi connectivity index (χ2n) is 4.59. The number of hydrogen-bond acceptors (Lipinski definition) is 3. The monoisotopic (exact) mass is 276 g/mol. The van der Waals surface area contributed by atoms with Gasteiger partial charge in [0.1, 0.15) is 0 Å². The molecule has 1 aromatic rings. The summed E-state index contributed by atoms with van der Waals surface area (Å²) in [6.45, 7) is 1.65. The molecule has 1 amide bonds. The number of H-pyrrole nitrogens is 1. The van der Waals surface area contributed by atoms with Crippen LogP contribution in [-0.4, -0.2) is 35.4 Å². The molecule has 2 rings (SSSR count). The highest BCUT2D eigenvalue weighted by atomic mass is 19.4. The fraction of sp³-hybridized carbons (Fsp3) is 0.636. The zero-order valence-electron chi connectivity index (χ0n) is 10.4. The minimum atomic E-state index is -4.58. The van der Waals surface area contributed by atoms with Crippen LogP contribution in [0, 0.1) is 5.41 Å². The van der Waals surface area contributed by atoms with Crippen molar-refractivity contribution in [1.82, 2.24) is 15.5 Å². The molecule has 0 radical (unpaired) electrons. The number of carbonyl (C=O) groups is 1. The van der Waals surface area contributed by atoms with E-state index in [2.05, 4.69) is 20.8 Å². The quantitative estimate of drug-likeness (QED) is 0.782. The molecule has 1 fully saturated rings. The molecule has 1 aliphatic heterocycles. The number of nitrogens with zero attached hydrogens (tertiary/aromatic N) is 1. The summed E-state index contributed by atoms with van der Waals surface area (Å²) in [5.74, 6) is -0.934. The van der Waals surface area contributed by atoms with Gasteiger partial charge in [0.25, 0.3) is 0 Å². The first kappa shape index (κ1) is 13.9. The Balaban J connectivity index is 2.17. The number of amides is 1. The Morgan fingerprint density at radius 3 is 2.79 bits per heavy atom. The number of aryl methyl sites for hydroxylation is 1. The van der Waals surface area contributed by atoms with Gasteiger partial charge in [0, 0.05) is 18.3 Å². The van der Waals surface area contributed by atoms with Crippen molar-refractivity contribution in [2.24, 2.45) is 5.41 Å². The molecule has 0 spiro atoms. The lowest BCUT2D eigenvalue weighted by molar-refractivity contribution is -0.213. The Bertz CT molecular complexity index is 463. The number of hydrogen-bond donors (Lipinski definition) is 3. The van der Waals surface area contributed by atoms with Crippen molar-refractivity contribution in [1.29, 1.82) is 0 Å². The lowest BCUT2D eigenvalue weighted by Crippen LogP contribution is -2.49. The Hall–Kier alpha value is -1.57. The maximum absolute atomic E-state index is 13.1. The number of halogens is 3. The summed E-state index contributed by atoms with van der Waals surface area (Å²) < 4.78 is 39.3. The molecule has 2 heterocycles. The number of carbonyl (C=O) groups excluding carboxylic acids is 1. The van der Waals surface area contributed by atoms with Gasteiger partial charge in [-0.1, -0.05) is 6.92 Å². The third-order valence-electron chi connectivity index (χ3n) is 3.39. The highest BCUT2D eigenvalue weighted by molar-refractivity contribution is 5.95. The van der Waals surface area contributed by atoms with Crippen molar-refractivity contribution in [3.05, 3.63) is 11.8 Å². The molecule has 106 valence electrons. The van der Waals surface area contributed by atoms with Crippen LogP contribution in [0.3, 0.4) is 0 Å². The number of aromatic amines is 1. The van der Waals surface area contributed by atoms with Crippen LogP contribution in [0.25, 0.3) is 0 Å². The van der Waals surface area contributed by atoms with Crippen LogP contribution in [-0.2, 0) is 11.2 Å². The Morgan fingerprint density at radius 2 is 2.32 bits per heavy atom. The summed E-state index contributed by atoms with van der Waals surface area (Å²) >= 11 is 0. The van der Waals surface area contributed by atoms with Crippen molar-refractivity contribution in [3.63, 3.8) is 0 Å². The maximum atomic E-state index is 13.1. The van der Waals surface area contributed by atoms with Gasteiger partial charge in [-0.15, -0.1) is 0 Å². The first-order valence-electron chi connectivity index (χ1n) is 6.02. The number of alkyl halides is 3. The lowest BCUT2D eigenvalue weighted by atomic mass is 9.85. The predicted molar refractivity (Wildman–Crippen MR) is 62.6 cm³/mol. The SMILES string of the molecule is CCc1cc(NC(=O)C2(C(F)(F)F)CCNC2)n[nH]1. The van der Waals surface area contributed by atoms with E-state index in [-0.39, 0.29) is 18.8 Å². The summed E-state index contributed by atoms with van der Waals surface area (Å²) in [5, 5.41) is 11.2. The van der Waals surface area contributed by atoms with Gasteiger partial charge >= 0.3 is 6.18 Å². The van der Waals surface area contributed by atoms with E-state index in [1.807, 2.05) is 6.92 Å². The second-order valence-corrected chi connectivity index (χ2v) is 4.59. The average molecular weight is 276 g/mol. The van der Waals surface area contributed by atoms with E-state index < -0.39 is 24.0 Å². The van der Waals surface area contributed by atoms with Crippen LogP contribution in [0.1, 0.15) is 19.0 Å². The summed E-state index contributed by atoms with van der Waals surface area (Å²) in [7, 11) is 0. The number of aromatic nitrogens is 2. The van der Waals surface area contributed by atoms with Crippen LogP contribution in [0.2, 0.25) is 0 Å². The fourth-order valence-corrected chi connectivity index (χ4v) is 2.10. The van der Waals surface area contributed by atoms with E-state index in [4.69, 9.17) is 0 Å². The highest BCUT2D eigenvalue weighted by Crippen LogP contribution is 2.43. The molecule has 1 aromatic heterocycles. The smallest absolute Gasteiger partial charge is 0.315 e. The van der Waals surface area contributed by atoms with Crippen molar-refractivity contribution in [2.45, 2.75) is 25.9 Å². The molecular weight excluding hydrogens is 261 g/mol. The summed E-state index contributed by atoms with van der Waals surface area (Å²) in [4.78, 5) is 12.0. The van der Waals surface area contributed by atoms with Crippen LogP contribution in [0.15, 0.2) is 6.07 Å². The summed E-state index contributed by atoms with van der Waals surface area (Å²) in [6, 6.07) is 1.53. The van der Waals surface area contributed by atoms with Gasteiger partial charge in [-0.05, 0) is 19.4 Å². The van der Waals surface area contributed by atoms with Gasteiger partial charge in [0.2, 0.25) is 5.91 Å². The molecular formula is C11H15F3N4O. The Kier molecular flexibility index (Phi) is 3.53. The molecule has 0 saturated carbocycles. The third-order valence-corrected chi connectivity index (χ3v) is 3.39. The molecule has 1 aliphatic rings. The highest BCUT2D eigenvalue weighted by Gasteiger charge is 2.61. The molecule has 3 N–H and O–H groups in total. The number of anilines is 1. The molecule has 0 aliphatic carbocycles. The van der Waals surface area contributed by atoms with Gasteiger partial charge in [0.15, 0.2) is 11.2 Å². The number of rotatable bonds is 3. The van der Waals surface area contributed by atoms with Gasteiger partial charge in [-0.25, -0.2) is 0 Å². The van der Waals surface area contributed by atoms with Crippen molar-refractivity contribution >= 4 is 11.7 Å². The van der Waals surface area contributed by atoms with E-state index in [1.165, 1.54) is 6.07 Å². The van der Waals surface area contributed by atoms with Crippen LogP contribution in [0.4, 0.5) is 19.0 Å². The zero-order valence-corrected chi connectivity index (χ0v) is 10.4. The van der Waals surface area contributed by atoms with Gasteiger partial charge in [0.05, 0.1) is 0 Å².